The number of thiazole rings is 1. The quantitative estimate of drug-likeness (QED) is 0.751. The first kappa shape index (κ1) is 17.4. The van der Waals surface area contributed by atoms with E-state index >= 15 is 0 Å². The summed E-state index contributed by atoms with van der Waals surface area (Å²) in [5.74, 6) is -1.34. The Morgan fingerprint density at radius 1 is 1.39 bits per heavy atom. The monoisotopic (exact) mass is 402 g/mol. The lowest BCUT2D eigenvalue weighted by atomic mass is 10.3. The largest absolute Gasteiger partial charge is 0.481 e. The van der Waals surface area contributed by atoms with E-state index in [2.05, 4.69) is 26.2 Å². The van der Waals surface area contributed by atoms with Crippen molar-refractivity contribution in [3.05, 3.63) is 39.6 Å². The maximum absolute atomic E-state index is 12.9. The van der Waals surface area contributed by atoms with Gasteiger partial charge in [0, 0.05) is 5.38 Å². The van der Waals surface area contributed by atoms with Gasteiger partial charge in [-0.2, -0.15) is 0 Å². The zero-order valence-corrected chi connectivity index (χ0v) is 14.4. The van der Waals surface area contributed by atoms with E-state index < -0.39 is 30.9 Å². The number of nitrogens with one attached hydrogen (secondary N) is 1. The SMILES string of the molecule is Cc1csc(NC(=O)COC(=O)COc2ccc(F)cc2Br)n1. The van der Waals surface area contributed by atoms with Gasteiger partial charge in [-0.25, -0.2) is 14.2 Å². The van der Waals surface area contributed by atoms with Gasteiger partial charge in [0.25, 0.3) is 5.91 Å². The average Bonchev–Trinajstić information content (AvgIpc) is 2.89. The van der Waals surface area contributed by atoms with Crippen LogP contribution >= 0.6 is 27.3 Å². The maximum Gasteiger partial charge on any atom is 0.344 e. The van der Waals surface area contributed by atoms with Crippen molar-refractivity contribution in [2.45, 2.75) is 6.92 Å². The molecule has 2 rings (SSSR count). The van der Waals surface area contributed by atoms with Crippen molar-refractivity contribution in [3.63, 3.8) is 0 Å². The summed E-state index contributed by atoms with van der Waals surface area (Å²) in [6.07, 6.45) is 0. The number of ether oxygens (including phenoxy) is 2. The molecule has 0 unspecified atom stereocenters. The lowest BCUT2D eigenvalue weighted by Gasteiger charge is -2.08. The highest BCUT2D eigenvalue weighted by atomic mass is 79.9. The van der Waals surface area contributed by atoms with Gasteiger partial charge in [0.15, 0.2) is 18.3 Å². The zero-order valence-electron chi connectivity index (χ0n) is 12.0. The Hall–Kier alpha value is -2.00. The van der Waals surface area contributed by atoms with Crippen molar-refractivity contribution in [3.8, 4) is 5.75 Å². The van der Waals surface area contributed by atoms with E-state index in [1.165, 1.54) is 29.5 Å². The number of anilines is 1. The summed E-state index contributed by atoms with van der Waals surface area (Å²) in [5.41, 5.74) is 0.792. The Morgan fingerprint density at radius 2 is 2.17 bits per heavy atom. The summed E-state index contributed by atoms with van der Waals surface area (Å²) in [7, 11) is 0. The lowest BCUT2D eigenvalue weighted by Crippen LogP contribution is -2.23. The Balaban J connectivity index is 1.73. The second kappa shape index (κ2) is 8.02. The van der Waals surface area contributed by atoms with Crippen molar-refractivity contribution < 1.29 is 23.5 Å². The predicted octanol–water partition coefficient (Wildman–Crippen LogP) is 2.91. The van der Waals surface area contributed by atoms with Crippen LogP contribution in [0.15, 0.2) is 28.1 Å². The van der Waals surface area contributed by atoms with Gasteiger partial charge in [-0.1, -0.05) is 0 Å². The molecule has 0 bridgehead atoms. The normalized spacial score (nSPS) is 10.2. The van der Waals surface area contributed by atoms with E-state index in [0.29, 0.717) is 15.4 Å². The van der Waals surface area contributed by atoms with Gasteiger partial charge < -0.3 is 9.47 Å². The number of carbonyl (C=O) groups is 2. The smallest absolute Gasteiger partial charge is 0.344 e. The molecule has 1 N–H and O–H groups in total. The number of aromatic nitrogens is 1. The van der Waals surface area contributed by atoms with Crippen molar-refractivity contribution in [1.82, 2.24) is 4.98 Å². The fourth-order valence-corrected chi connectivity index (χ4v) is 2.65. The van der Waals surface area contributed by atoms with E-state index in [0.717, 1.165) is 5.69 Å². The van der Waals surface area contributed by atoms with Gasteiger partial charge in [0.05, 0.1) is 10.2 Å². The molecule has 0 saturated heterocycles. The summed E-state index contributed by atoms with van der Waals surface area (Å²) in [5, 5.41) is 4.74. The number of rotatable bonds is 6. The molecule has 9 heteroatoms. The fraction of sp³-hybridized carbons (Fsp3) is 0.214. The third kappa shape index (κ3) is 5.61. The molecule has 2 aromatic rings. The minimum atomic E-state index is -0.716. The van der Waals surface area contributed by atoms with Gasteiger partial charge in [0.2, 0.25) is 0 Å². The molecule has 1 aromatic heterocycles. The number of benzene rings is 1. The van der Waals surface area contributed by atoms with Gasteiger partial charge in [-0.15, -0.1) is 11.3 Å². The van der Waals surface area contributed by atoms with E-state index in [-0.39, 0.29) is 0 Å². The summed E-state index contributed by atoms with van der Waals surface area (Å²) in [6.45, 7) is 0.969. The van der Waals surface area contributed by atoms with Crippen LogP contribution in [0, 0.1) is 12.7 Å². The third-order valence-electron chi connectivity index (χ3n) is 2.47. The van der Waals surface area contributed by atoms with Gasteiger partial charge in [-0.05, 0) is 41.1 Å². The first-order valence-corrected chi connectivity index (χ1v) is 8.07. The minimum absolute atomic E-state index is 0.297. The molecular formula is C14H12BrFN2O4S. The second-order valence-electron chi connectivity index (χ2n) is 4.37. The Morgan fingerprint density at radius 3 is 2.83 bits per heavy atom. The number of hydrogen-bond donors (Lipinski definition) is 1. The molecular weight excluding hydrogens is 391 g/mol. The van der Waals surface area contributed by atoms with Crippen molar-refractivity contribution >= 4 is 44.3 Å². The molecule has 1 heterocycles. The van der Waals surface area contributed by atoms with Crippen molar-refractivity contribution in [2.24, 2.45) is 0 Å². The molecule has 0 aliphatic carbocycles. The van der Waals surface area contributed by atoms with E-state index in [1.54, 1.807) is 12.3 Å². The number of nitrogens with zero attached hydrogens (tertiary/aromatic N) is 1. The molecule has 6 nitrogen and oxygen atoms in total. The molecule has 0 aliphatic rings. The number of carbonyl (C=O) groups excluding carboxylic acids is 2. The van der Waals surface area contributed by atoms with Gasteiger partial charge in [-0.3, -0.25) is 10.1 Å². The lowest BCUT2D eigenvalue weighted by molar-refractivity contribution is -0.149. The highest BCUT2D eigenvalue weighted by Gasteiger charge is 2.11. The van der Waals surface area contributed by atoms with Crippen LogP contribution in [0.25, 0.3) is 0 Å². The number of hydrogen-bond acceptors (Lipinski definition) is 6. The number of esters is 1. The summed E-state index contributed by atoms with van der Waals surface area (Å²) in [4.78, 5) is 27.2. The summed E-state index contributed by atoms with van der Waals surface area (Å²) in [6, 6.07) is 3.79. The van der Waals surface area contributed by atoms with Crippen LogP contribution in [0.5, 0.6) is 5.75 Å². The highest BCUT2D eigenvalue weighted by molar-refractivity contribution is 9.10. The van der Waals surface area contributed by atoms with Crippen LogP contribution in [-0.4, -0.2) is 30.1 Å². The van der Waals surface area contributed by atoms with Crippen LogP contribution < -0.4 is 10.1 Å². The van der Waals surface area contributed by atoms with Crippen LogP contribution in [0.4, 0.5) is 9.52 Å². The average molecular weight is 403 g/mol. The minimum Gasteiger partial charge on any atom is -0.481 e. The Bertz CT molecular complexity index is 723. The van der Waals surface area contributed by atoms with Crippen molar-refractivity contribution in [2.75, 3.05) is 18.5 Å². The molecule has 0 radical (unpaired) electrons. The van der Waals surface area contributed by atoms with Crippen LogP contribution in [0.1, 0.15) is 5.69 Å². The van der Waals surface area contributed by atoms with Crippen LogP contribution in [0.2, 0.25) is 0 Å². The fourth-order valence-electron chi connectivity index (χ4n) is 1.48. The van der Waals surface area contributed by atoms with E-state index in [4.69, 9.17) is 9.47 Å². The third-order valence-corrected chi connectivity index (χ3v) is 3.96. The van der Waals surface area contributed by atoms with Crippen molar-refractivity contribution in [1.29, 1.82) is 0 Å². The standard InChI is InChI=1S/C14H12BrFN2O4S/c1-8-7-23-14(17-8)18-12(19)5-22-13(20)6-21-11-3-2-9(16)4-10(11)15/h2-4,7H,5-6H2,1H3,(H,17,18,19). The first-order chi connectivity index (χ1) is 10.9. The van der Waals surface area contributed by atoms with Crippen LogP contribution in [0.3, 0.4) is 0 Å². The number of aryl methyl sites for hydroxylation is 1. The molecule has 0 saturated carbocycles. The predicted molar refractivity (Wildman–Crippen MR) is 86.0 cm³/mol. The number of amides is 1. The zero-order chi connectivity index (χ0) is 16.8. The van der Waals surface area contributed by atoms with Crippen LogP contribution in [-0.2, 0) is 14.3 Å². The molecule has 0 fully saturated rings. The molecule has 1 amide bonds. The summed E-state index contributed by atoms with van der Waals surface area (Å²) < 4.78 is 23.2. The van der Waals surface area contributed by atoms with Gasteiger partial charge in [0.1, 0.15) is 11.6 Å². The van der Waals surface area contributed by atoms with Gasteiger partial charge >= 0.3 is 5.97 Å². The Labute approximate surface area is 143 Å². The Kier molecular flexibility index (Phi) is 6.05. The molecule has 122 valence electrons. The second-order valence-corrected chi connectivity index (χ2v) is 6.08. The molecule has 1 aromatic carbocycles. The van der Waals surface area contributed by atoms with E-state index in [1.807, 2.05) is 0 Å². The number of halogens is 2. The van der Waals surface area contributed by atoms with E-state index in [9.17, 15) is 14.0 Å². The molecule has 0 atom stereocenters. The highest BCUT2D eigenvalue weighted by Crippen LogP contribution is 2.25. The summed E-state index contributed by atoms with van der Waals surface area (Å²) >= 11 is 4.39. The molecule has 0 spiro atoms. The topological polar surface area (TPSA) is 77.5 Å². The molecule has 0 aliphatic heterocycles. The first-order valence-electron chi connectivity index (χ1n) is 6.39. The maximum atomic E-state index is 12.9. The molecule has 23 heavy (non-hydrogen) atoms.